The zero-order valence-electron chi connectivity index (χ0n) is 14.8. The number of aromatic nitrogens is 4. The fourth-order valence-electron chi connectivity index (χ4n) is 3.77. The molecular weight excluding hydrogens is 302 g/mol. The molecule has 0 radical (unpaired) electrons. The molecule has 0 bridgehead atoms. The van der Waals surface area contributed by atoms with Crippen LogP contribution in [-0.4, -0.2) is 56.7 Å². The van der Waals surface area contributed by atoms with Crippen LogP contribution in [0.15, 0.2) is 24.7 Å². The third-order valence-corrected chi connectivity index (χ3v) is 4.76. The van der Waals surface area contributed by atoms with Crippen LogP contribution in [0.1, 0.15) is 30.3 Å². The Morgan fingerprint density at radius 1 is 1.38 bits per heavy atom. The molecule has 1 aliphatic heterocycles. The normalized spacial score (nSPS) is 22.2. The van der Waals surface area contributed by atoms with Gasteiger partial charge < -0.3 is 5.73 Å². The molecule has 2 N–H and O–H groups in total. The second kappa shape index (κ2) is 7.27. The highest BCUT2D eigenvalue weighted by Crippen LogP contribution is 2.35. The van der Waals surface area contributed by atoms with E-state index in [2.05, 4.69) is 45.2 Å². The molecule has 0 unspecified atom stereocenters. The number of likely N-dealkylation sites (tertiary alicyclic amines) is 1. The first kappa shape index (κ1) is 16.9. The van der Waals surface area contributed by atoms with Crippen molar-refractivity contribution in [2.45, 2.75) is 25.4 Å². The number of aryl methyl sites for hydroxylation is 1. The summed E-state index contributed by atoms with van der Waals surface area (Å²) < 4.78 is 1.89. The predicted octanol–water partition coefficient (Wildman–Crippen LogP) is 1.31. The summed E-state index contributed by atoms with van der Waals surface area (Å²) in [5, 5.41) is 4.36. The number of nitrogens with two attached hydrogens (primary N) is 1. The van der Waals surface area contributed by atoms with Gasteiger partial charge in [0.2, 0.25) is 0 Å². The van der Waals surface area contributed by atoms with Crippen molar-refractivity contribution in [1.29, 1.82) is 0 Å². The van der Waals surface area contributed by atoms with Crippen molar-refractivity contribution in [2.24, 2.45) is 13.0 Å². The zero-order chi connectivity index (χ0) is 17.1. The van der Waals surface area contributed by atoms with E-state index in [-0.39, 0.29) is 0 Å². The predicted molar refractivity (Wildman–Crippen MR) is 94.1 cm³/mol. The Morgan fingerprint density at radius 2 is 2.21 bits per heavy atom. The van der Waals surface area contributed by atoms with E-state index in [4.69, 9.17) is 5.73 Å². The largest absolute Gasteiger partial charge is 0.384 e. The average Bonchev–Trinajstić information content (AvgIpc) is 2.93. The van der Waals surface area contributed by atoms with Gasteiger partial charge in [-0.3, -0.25) is 14.5 Å². The van der Waals surface area contributed by atoms with Gasteiger partial charge >= 0.3 is 0 Å². The average molecular weight is 329 g/mol. The molecule has 0 aliphatic carbocycles. The van der Waals surface area contributed by atoms with Gasteiger partial charge in [-0.2, -0.15) is 5.10 Å². The smallest absolute Gasteiger partial charge is 0.144 e. The van der Waals surface area contributed by atoms with Crippen molar-refractivity contribution in [3.63, 3.8) is 0 Å². The number of anilines is 1. The SMILES string of the molecule is CN(Cc1nccc(N)n1)C[C@@H]1CCCN(C)[C@H]1c1cnn(C)c1. The maximum Gasteiger partial charge on any atom is 0.144 e. The van der Waals surface area contributed by atoms with Crippen LogP contribution in [0, 0.1) is 5.92 Å². The summed E-state index contributed by atoms with van der Waals surface area (Å²) in [6, 6.07) is 2.13. The van der Waals surface area contributed by atoms with Gasteiger partial charge in [0.25, 0.3) is 0 Å². The summed E-state index contributed by atoms with van der Waals surface area (Å²) in [5.41, 5.74) is 7.06. The molecule has 0 spiro atoms. The van der Waals surface area contributed by atoms with Crippen molar-refractivity contribution in [3.05, 3.63) is 36.0 Å². The van der Waals surface area contributed by atoms with Crippen LogP contribution in [0.5, 0.6) is 0 Å². The van der Waals surface area contributed by atoms with E-state index < -0.39 is 0 Å². The summed E-state index contributed by atoms with van der Waals surface area (Å²) in [6.45, 7) is 2.85. The second-order valence-electron chi connectivity index (χ2n) is 6.87. The van der Waals surface area contributed by atoms with Gasteiger partial charge in [0.15, 0.2) is 0 Å². The molecule has 0 saturated carbocycles. The first-order valence-corrected chi connectivity index (χ1v) is 8.47. The summed E-state index contributed by atoms with van der Waals surface area (Å²) in [4.78, 5) is 13.4. The lowest BCUT2D eigenvalue weighted by Crippen LogP contribution is -2.40. The minimum atomic E-state index is 0.414. The van der Waals surface area contributed by atoms with E-state index in [0.29, 0.717) is 24.3 Å². The van der Waals surface area contributed by atoms with Crippen LogP contribution in [0.4, 0.5) is 5.82 Å². The Kier molecular flexibility index (Phi) is 5.11. The summed E-state index contributed by atoms with van der Waals surface area (Å²) in [7, 11) is 6.32. The summed E-state index contributed by atoms with van der Waals surface area (Å²) >= 11 is 0. The molecule has 3 heterocycles. The maximum absolute atomic E-state index is 5.75. The first-order valence-electron chi connectivity index (χ1n) is 8.47. The van der Waals surface area contributed by atoms with Crippen molar-refractivity contribution < 1.29 is 0 Å². The fourth-order valence-corrected chi connectivity index (χ4v) is 3.77. The van der Waals surface area contributed by atoms with Gasteiger partial charge in [-0.15, -0.1) is 0 Å². The van der Waals surface area contributed by atoms with Crippen molar-refractivity contribution in [3.8, 4) is 0 Å². The first-order chi connectivity index (χ1) is 11.5. The van der Waals surface area contributed by atoms with E-state index in [0.717, 1.165) is 18.9 Å². The second-order valence-corrected chi connectivity index (χ2v) is 6.87. The Bertz CT molecular complexity index is 668. The molecule has 2 aromatic rings. The van der Waals surface area contributed by atoms with Crippen LogP contribution in [0.3, 0.4) is 0 Å². The number of hydrogen-bond acceptors (Lipinski definition) is 6. The third kappa shape index (κ3) is 3.91. The number of nitrogens with zero attached hydrogens (tertiary/aromatic N) is 6. The van der Waals surface area contributed by atoms with Crippen LogP contribution in [0.2, 0.25) is 0 Å². The topological polar surface area (TPSA) is 76.1 Å². The quantitative estimate of drug-likeness (QED) is 0.891. The van der Waals surface area contributed by atoms with Crippen LogP contribution in [0.25, 0.3) is 0 Å². The molecule has 1 fully saturated rings. The Hall–Kier alpha value is -1.99. The van der Waals surface area contributed by atoms with E-state index in [1.807, 2.05) is 17.9 Å². The highest BCUT2D eigenvalue weighted by Gasteiger charge is 2.32. The monoisotopic (exact) mass is 329 g/mol. The molecular formula is C17H27N7. The Labute approximate surface area is 143 Å². The van der Waals surface area contributed by atoms with Crippen molar-refractivity contribution in [1.82, 2.24) is 29.5 Å². The summed E-state index contributed by atoms with van der Waals surface area (Å²) in [6.07, 6.45) is 8.33. The molecule has 130 valence electrons. The van der Waals surface area contributed by atoms with Gasteiger partial charge in [-0.05, 0) is 45.5 Å². The summed E-state index contributed by atoms with van der Waals surface area (Å²) in [5.74, 6) is 1.87. The molecule has 7 heteroatoms. The van der Waals surface area contributed by atoms with E-state index >= 15 is 0 Å². The number of piperidine rings is 1. The van der Waals surface area contributed by atoms with Gasteiger partial charge in [-0.25, -0.2) is 9.97 Å². The minimum Gasteiger partial charge on any atom is -0.384 e. The minimum absolute atomic E-state index is 0.414. The molecule has 24 heavy (non-hydrogen) atoms. The van der Waals surface area contributed by atoms with Crippen molar-refractivity contribution >= 4 is 5.82 Å². The van der Waals surface area contributed by atoms with Gasteiger partial charge in [0, 0.05) is 37.6 Å². The van der Waals surface area contributed by atoms with Gasteiger partial charge in [0.1, 0.15) is 11.6 Å². The lowest BCUT2D eigenvalue weighted by Gasteiger charge is -2.40. The van der Waals surface area contributed by atoms with E-state index in [9.17, 15) is 0 Å². The van der Waals surface area contributed by atoms with Crippen molar-refractivity contribution in [2.75, 3.05) is 32.9 Å². The number of hydrogen-bond donors (Lipinski definition) is 1. The molecule has 3 rings (SSSR count). The third-order valence-electron chi connectivity index (χ3n) is 4.76. The van der Waals surface area contributed by atoms with Gasteiger partial charge in [0.05, 0.1) is 12.7 Å². The maximum atomic E-state index is 5.75. The molecule has 0 aromatic carbocycles. The molecule has 0 amide bonds. The standard InChI is InChI=1S/C17H27N7/c1-22(12-16-19-7-6-15(18)21-16)10-13-5-4-8-23(2)17(13)14-9-20-24(3)11-14/h6-7,9,11,13,17H,4-5,8,10,12H2,1-3H3,(H2,18,19,21)/t13-,17+/m0/s1. The van der Waals surface area contributed by atoms with Crippen LogP contribution in [-0.2, 0) is 13.6 Å². The molecule has 2 aromatic heterocycles. The molecule has 7 nitrogen and oxygen atoms in total. The molecule has 1 aliphatic rings. The Balaban J connectivity index is 1.69. The Morgan fingerprint density at radius 3 is 2.92 bits per heavy atom. The fraction of sp³-hybridized carbons (Fsp3) is 0.588. The molecule has 1 saturated heterocycles. The molecule has 2 atom stereocenters. The van der Waals surface area contributed by atoms with E-state index in [1.165, 1.54) is 18.4 Å². The number of rotatable bonds is 5. The lowest BCUT2D eigenvalue weighted by molar-refractivity contribution is 0.0919. The highest BCUT2D eigenvalue weighted by atomic mass is 15.3. The lowest BCUT2D eigenvalue weighted by atomic mass is 9.86. The zero-order valence-corrected chi connectivity index (χ0v) is 14.8. The van der Waals surface area contributed by atoms with Crippen LogP contribution >= 0.6 is 0 Å². The van der Waals surface area contributed by atoms with Crippen LogP contribution < -0.4 is 5.73 Å². The van der Waals surface area contributed by atoms with E-state index in [1.54, 1.807) is 12.3 Å². The van der Waals surface area contributed by atoms with Gasteiger partial charge in [-0.1, -0.05) is 0 Å². The number of nitrogen functional groups attached to an aromatic ring is 1. The highest BCUT2D eigenvalue weighted by molar-refractivity contribution is 5.25.